The minimum atomic E-state index is -0.209. The summed E-state index contributed by atoms with van der Waals surface area (Å²) in [4.78, 5) is 21.2. The molecule has 2 aromatic heterocycles. The Balaban J connectivity index is 2.89. The zero-order chi connectivity index (χ0) is 8.55. The number of fused-ring (bicyclic) bond motifs is 1. The van der Waals surface area contributed by atoms with Crippen LogP contribution in [0.25, 0.3) is 11.2 Å². The number of hydrogen-bond acceptors (Lipinski definition) is 3. The molecule has 0 spiro atoms. The Morgan fingerprint density at radius 1 is 1.42 bits per heavy atom. The molecule has 0 fully saturated rings. The molecule has 0 aliphatic heterocycles. The van der Waals surface area contributed by atoms with E-state index in [0.717, 1.165) is 0 Å². The number of pyridine rings is 1. The molecule has 0 saturated heterocycles. The predicted octanol–water partition coefficient (Wildman–Crippen LogP) is 0.971. The van der Waals surface area contributed by atoms with Crippen LogP contribution < -0.4 is 5.56 Å². The van der Waals surface area contributed by atoms with E-state index in [0.29, 0.717) is 11.2 Å². The lowest BCUT2D eigenvalue weighted by atomic mass is 10.4. The predicted molar refractivity (Wildman–Crippen MR) is 45.2 cm³/mol. The summed E-state index contributed by atoms with van der Waals surface area (Å²) in [6.45, 7) is 0. The van der Waals surface area contributed by atoms with Gasteiger partial charge < -0.3 is 4.98 Å². The minimum Gasteiger partial charge on any atom is -0.305 e. The van der Waals surface area contributed by atoms with Crippen LogP contribution in [0.3, 0.4) is 0 Å². The molecule has 0 radical (unpaired) electrons. The van der Waals surface area contributed by atoms with Crippen molar-refractivity contribution in [2.45, 2.75) is 0 Å². The van der Waals surface area contributed by atoms with E-state index in [2.05, 4.69) is 15.0 Å². The maximum atomic E-state index is 10.8. The standard InChI is InChI=1S/C7H4ClN3O/c8-5-3-9-4-1-2-6(12)11-7(4)10-5/h1-3H,(H,10,11,12). The van der Waals surface area contributed by atoms with Crippen LogP contribution in [0, 0.1) is 0 Å². The zero-order valence-electron chi connectivity index (χ0n) is 5.91. The van der Waals surface area contributed by atoms with Gasteiger partial charge in [-0.1, -0.05) is 11.6 Å². The molecule has 5 heteroatoms. The number of nitrogens with one attached hydrogen (secondary N) is 1. The average molecular weight is 182 g/mol. The molecular formula is C7H4ClN3O. The summed E-state index contributed by atoms with van der Waals surface area (Å²) in [5.74, 6) is 0. The lowest BCUT2D eigenvalue weighted by Crippen LogP contribution is -2.04. The Kier molecular flexibility index (Phi) is 1.55. The molecule has 12 heavy (non-hydrogen) atoms. The quantitative estimate of drug-likeness (QED) is 0.659. The van der Waals surface area contributed by atoms with E-state index >= 15 is 0 Å². The zero-order valence-corrected chi connectivity index (χ0v) is 6.67. The SMILES string of the molecule is O=c1ccc2ncc(Cl)nc2[nH]1. The van der Waals surface area contributed by atoms with Gasteiger partial charge in [0.15, 0.2) is 5.65 Å². The number of aromatic nitrogens is 3. The molecule has 2 rings (SSSR count). The highest BCUT2D eigenvalue weighted by Gasteiger charge is 1.96. The van der Waals surface area contributed by atoms with E-state index in [9.17, 15) is 4.79 Å². The minimum absolute atomic E-state index is 0.209. The molecule has 0 atom stereocenters. The van der Waals surface area contributed by atoms with Gasteiger partial charge in [-0.15, -0.1) is 0 Å². The van der Waals surface area contributed by atoms with Crippen molar-refractivity contribution in [2.24, 2.45) is 0 Å². The van der Waals surface area contributed by atoms with Gasteiger partial charge in [0, 0.05) is 6.07 Å². The average Bonchev–Trinajstić information content (AvgIpc) is 2.03. The third-order valence-corrected chi connectivity index (χ3v) is 1.59. The van der Waals surface area contributed by atoms with Crippen molar-refractivity contribution in [2.75, 3.05) is 0 Å². The summed E-state index contributed by atoms with van der Waals surface area (Å²) in [5.41, 5.74) is 0.827. The summed E-state index contributed by atoms with van der Waals surface area (Å²) in [6, 6.07) is 2.99. The maximum absolute atomic E-state index is 10.8. The van der Waals surface area contributed by atoms with Crippen LogP contribution in [0.15, 0.2) is 23.1 Å². The van der Waals surface area contributed by atoms with Crippen molar-refractivity contribution in [1.82, 2.24) is 15.0 Å². The first-order chi connectivity index (χ1) is 5.75. The summed E-state index contributed by atoms with van der Waals surface area (Å²) in [6.07, 6.45) is 1.43. The number of rotatable bonds is 0. The van der Waals surface area contributed by atoms with E-state index in [4.69, 9.17) is 11.6 Å². The van der Waals surface area contributed by atoms with Gasteiger partial charge in [0.2, 0.25) is 5.56 Å². The molecule has 0 aliphatic rings. The first-order valence-electron chi connectivity index (χ1n) is 3.27. The monoisotopic (exact) mass is 181 g/mol. The Hall–Kier alpha value is -1.42. The molecule has 0 saturated carbocycles. The second-order valence-corrected chi connectivity index (χ2v) is 2.64. The molecule has 0 bridgehead atoms. The third-order valence-electron chi connectivity index (χ3n) is 1.41. The van der Waals surface area contributed by atoms with Gasteiger partial charge in [-0.3, -0.25) is 4.79 Å². The highest BCUT2D eigenvalue weighted by Crippen LogP contribution is 2.06. The van der Waals surface area contributed by atoms with Crippen LogP contribution in [-0.4, -0.2) is 15.0 Å². The number of hydrogen-bond donors (Lipinski definition) is 1. The first-order valence-corrected chi connectivity index (χ1v) is 3.65. The van der Waals surface area contributed by atoms with Gasteiger partial charge in [0.25, 0.3) is 0 Å². The van der Waals surface area contributed by atoms with Crippen molar-refractivity contribution in [1.29, 1.82) is 0 Å². The van der Waals surface area contributed by atoms with Gasteiger partial charge in [-0.25, -0.2) is 9.97 Å². The largest absolute Gasteiger partial charge is 0.305 e. The van der Waals surface area contributed by atoms with Crippen molar-refractivity contribution < 1.29 is 0 Å². The molecule has 2 aromatic rings. The molecular weight excluding hydrogens is 178 g/mol. The van der Waals surface area contributed by atoms with Crippen molar-refractivity contribution in [3.8, 4) is 0 Å². The second kappa shape index (κ2) is 2.57. The molecule has 0 amide bonds. The topological polar surface area (TPSA) is 58.6 Å². The number of halogens is 1. The lowest BCUT2D eigenvalue weighted by molar-refractivity contribution is 1.19. The Bertz CT molecular complexity index is 479. The van der Waals surface area contributed by atoms with E-state index < -0.39 is 0 Å². The number of nitrogens with zero attached hydrogens (tertiary/aromatic N) is 2. The van der Waals surface area contributed by atoms with E-state index in [1.54, 1.807) is 6.07 Å². The van der Waals surface area contributed by atoms with Gasteiger partial charge in [0.1, 0.15) is 10.7 Å². The normalized spacial score (nSPS) is 10.4. The van der Waals surface area contributed by atoms with Crippen LogP contribution in [-0.2, 0) is 0 Å². The van der Waals surface area contributed by atoms with Gasteiger partial charge in [-0.2, -0.15) is 0 Å². The Labute approximate surface area is 72.2 Å². The number of H-pyrrole nitrogens is 1. The molecule has 4 nitrogen and oxygen atoms in total. The van der Waals surface area contributed by atoms with Crippen LogP contribution >= 0.6 is 11.6 Å². The molecule has 60 valence electrons. The Morgan fingerprint density at radius 2 is 2.25 bits per heavy atom. The smallest absolute Gasteiger partial charge is 0.249 e. The fourth-order valence-electron chi connectivity index (χ4n) is 0.904. The van der Waals surface area contributed by atoms with Crippen LogP contribution in [0.1, 0.15) is 0 Å². The number of aromatic amines is 1. The van der Waals surface area contributed by atoms with E-state index in [1.807, 2.05) is 0 Å². The van der Waals surface area contributed by atoms with Crippen LogP contribution in [0.4, 0.5) is 0 Å². The fourth-order valence-corrected chi connectivity index (χ4v) is 1.04. The molecule has 2 heterocycles. The molecule has 0 aliphatic carbocycles. The van der Waals surface area contributed by atoms with Crippen molar-refractivity contribution in [3.05, 3.63) is 33.8 Å². The van der Waals surface area contributed by atoms with Crippen molar-refractivity contribution >= 4 is 22.8 Å². The maximum Gasteiger partial charge on any atom is 0.249 e. The highest BCUT2D eigenvalue weighted by atomic mass is 35.5. The van der Waals surface area contributed by atoms with Gasteiger partial charge in [0.05, 0.1) is 6.20 Å². The van der Waals surface area contributed by atoms with E-state index in [-0.39, 0.29) is 10.7 Å². The van der Waals surface area contributed by atoms with Crippen LogP contribution in [0.2, 0.25) is 5.15 Å². The first kappa shape index (κ1) is 7.24. The summed E-state index contributed by atoms with van der Waals surface area (Å²) in [5, 5.41) is 0.268. The fraction of sp³-hybridized carbons (Fsp3) is 0. The Morgan fingerprint density at radius 3 is 3.08 bits per heavy atom. The van der Waals surface area contributed by atoms with Crippen LogP contribution in [0.5, 0.6) is 0 Å². The summed E-state index contributed by atoms with van der Waals surface area (Å²) in [7, 11) is 0. The van der Waals surface area contributed by atoms with Gasteiger partial charge >= 0.3 is 0 Å². The third kappa shape index (κ3) is 1.16. The molecule has 1 N–H and O–H groups in total. The highest BCUT2D eigenvalue weighted by molar-refractivity contribution is 6.29. The summed E-state index contributed by atoms with van der Waals surface area (Å²) < 4.78 is 0. The lowest BCUT2D eigenvalue weighted by Gasteiger charge is -1.93. The summed E-state index contributed by atoms with van der Waals surface area (Å²) >= 11 is 5.58. The molecule has 0 aromatic carbocycles. The van der Waals surface area contributed by atoms with E-state index in [1.165, 1.54) is 12.3 Å². The molecule has 0 unspecified atom stereocenters. The van der Waals surface area contributed by atoms with Crippen molar-refractivity contribution in [3.63, 3.8) is 0 Å². The second-order valence-electron chi connectivity index (χ2n) is 2.25. The van der Waals surface area contributed by atoms with Gasteiger partial charge in [-0.05, 0) is 6.07 Å².